The molecular formula is C12H13BrN2O. The summed E-state index contributed by atoms with van der Waals surface area (Å²) in [5.74, 6) is 0.214. The molecule has 1 aromatic rings. The van der Waals surface area contributed by atoms with Gasteiger partial charge in [0.1, 0.15) is 0 Å². The summed E-state index contributed by atoms with van der Waals surface area (Å²) in [6.45, 7) is 0. The van der Waals surface area contributed by atoms with Gasteiger partial charge in [-0.1, -0.05) is 40.5 Å². The molecule has 1 saturated carbocycles. The maximum atomic E-state index is 11.5. The molecule has 4 heteroatoms. The van der Waals surface area contributed by atoms with Gasteiger partial charge in [-0.05, 0) is 18.9 Å². The first-order valence-electron chi connectivity index (χ1n) is 5.35. The van der Waals surface area contributed by atoms with Crippen LogP contribution in [0, 0.1) is 5.92 Å². The van der Waals surface area contributed by atoms with Crippen LogP contribution >= 0.6 is 15.9 Å². The average Bonchev–Trinajstić information content (AvgIpc) is 2.18. The van der Waals surface area contributed by atoms with Crippen molar-refractivity contribution in [3.8, 4) is 0 Å². The normalized spacial score (nSPS) is 16.1. The number of amides is 1. The van der Waals surface area contributed by atoms with Gasteiger partial charge in [-0.15, -0.1) is 0 Å². The van der Waals surface area contributed by atoms with E-state index in [1.165, 1.54) is 0 Å². The smallest absolute Gasteiger partial charge is 0.243 e. The zero-order valence-electron chi connectivity index (χ0n) is 8.82. The van der Waals surface area contributed by atoms with Crippen LogP contribution in [0.15, 0.2) is 33.8 Å². The van der Waals surface area contributed by atoms with Crippen LogP contribution in [0.2, 0.25) is 0 Å². The Bertz CT molecular complexity index is 413. The Morgan fingerprint density at radius 2 is 2.19 bits per heavy atom. The first kappa shape index (κ1) is 11.3. The fraction of sp³-hybridized carbons (Fsp3) is 0.333. The van der Waals surface area contributed by atoms with E-state index in [1.807, 2.05) is 24.3 Å². The fourth-order valence-electron chi connectivity index (χ4n) is 1.51. The average molecular weight is 281 g/mol. The lowest BCUT2D eigenvalue weighted by atomic mass is 9.85. The molecule has 16 heavy (non-hydrogen) atoms. The van der Waals surface area contributed by atoms with Crippen molar-refractivity contribution in [2.24, 2.45) is 11.0 Å². The third kappa shape index (κ3) is 2.70. The van der Waals surface area contributed by atoms with Gasteiger partial charge in [-0.3, -0.25) is 4.79 Å². The molecule has 1 N–H and O–H groups in total. The predicted molar refractivity (Wildman–Crippen MR) is 67.2 cm³/mol. The molecule has 0 aromatic heterocycles. The molecular weight excluding hydrogens is 268 g/mol. The van der Waals surface area contributed by atoms with Crippen molar-refractivity contribution in [3.63, 3.8) is 0 Å². The van der Waals surface area contributed by atoms with E-state index in [0.717, 1.165) is 29.3 Å². The summed E-state index contributed by atoms with van der Waals surface area (Å²) in [6, 6.07) is 7.74. The zero-order chi connectivity index (χ0) is 11.4. The standard InChI is InChI=1S/C12H13BrN2O/c13-11-7-2-1-4-10(11)8-14-15-12(16)9-5-3-6-9/h1-2,4,7-9H,3,5-6H2,(H,15,16)/b14-8+. The van der Waals surface area contributed by atoms with Crippen molar-refractivity contribution in [1.82, 2.24) is 5.43 Å². The van der Waals surface area contributed by atoms with E-state index in [1.54, 1.807) is 6.21 Å². The maximum absolute atomic E-state index is 11.5. The van der Waals surface area contributed by atoms with Crippen LogP contribution in [0.3, 0.4) is 0 Å². The zero-order valence-corrected chi connectivity index (χ0v) is 10.4. The van der Waals surface area contributed by atoms with E-state index in [4.69, 9.17) is 0 Å². The molecule has 84 valence electrons. The minimum atomic E-state index is 0.0366. The highest BCUT2D eigenvalue weighted by Crippen LogP contribution is 2.26. The largest absolute Gasteiger partial charge is 0.273 e. The highest BCUT2D eigenvalue weighted by molar-refractivity contribution is 9.10. The van der Waals surface area contributed by atoms with Gasteiger partial charge in [0.05, 0.1) is 6.21 Å². The van der Waals surface area contributed by atoms with Gasteiger partial charge in [0, 0.05) is 16.0 Å². The third-order valence-electron chi connectivity index (χ3n) is 2.76. The topological polar surface area (TPSA) is 41.5 Å². The summed E-state index contributed by atoms with van der Waals surface area (Å²) < 4.78 is 0.969. The third-order valence-corrected chi connectivity index (χ3v) is 3.48. The van der Waals surface area contributed by atoms with Gasteiger partial charge in [-0.25, -0.2) is 5.43 Å². The Labute approximate surface area is 103 Å². The van der Waals surface area contributed by atoms with E-state index >= 15 is 0 Å². The molecule has 0 spiro atoms. The van der Waals surface area contributed by atoms with Crippen molar-refractivity contribution in [2.45, 2.75) is 19.3 Å². The molecule has 0 saturated heterocycles. The van der Waals surface area contributed by atoms with Gasteiger partial charge < -0.3 is 0 Å². The molecule has 1 fully saturated rings. The number of carbonyl (C=O) groups is 1. The summed E-state index contributed by atoms with van der Waals surface area (Å²) >= 11 is 3.41. The summed E-state index contributed by atoms with van der Waals surface area (Å²) in [5, 5.41) is 3.95. The maximum Gasteiger partial charge on any atom is 0.243 e. The van der Waals surface area contributed by atoms with Crippen LogP contribution < -0.4 is 5.43 Å². The number of hydrazone groups is 1. The number of carbonyl (C=O) groups excluding carboxylic acids is 1. The second-order valence-electron chi connectivity index (χ2n) is 3.88. The van der Waals surface area contributed by atoms with Gasteiger partial charge in [0.25, 0.3) is 0 Å². The minimum Gasteiger partial charge on any atom is -0.273 e. The van der Waals surface area contributed by atoms with Crippen LogP contribution in [0.1, 0.15) is 24.8 Å². The van der Waals surface area contributed by atoms with Gasteiger partial charge in [0.15, 0.2) is 0 Å². The van der Waals surface area contributed by atoms with Crippen LogP contribution in [-0.4, -0.2) is 12.1 Å². The van der Waals surface area contributed by atoms with E-state index in [0.29, 0.717) is 0 Å². The van der Waals surface area contributed by atoms with E-state index in [9.17, 15) is 4.79 Å². The van der Waals surface area contributed by atoms with Gasteiger partial charge >= 0.3 is 0 Å². The lowest BCUT2D eigenvalue weighted by Crippen LogP contribution is -2.31. The number of hydrogen-bond acceptors (Lipinski definition) is 2. The molecule has 0 radical (unpaired) electrons. The molecule has 0 heterocycles. The SMILES string of the molecule is O=C(N/N=C/c1ccccc1Br)C1CCC1. The first-order valence-corrected chi connectivity index (χ1v) is 6.14. The van der Waals surface area contributed by atoms with Crippen LogP contribution in [0.25, 0.3) is 0 Å². The van der Waals surface area contributed by atoms with Crippen molar-refractivity contribution in [2.75, 3.05) is 0 Å². The van der Waals surface area contributed by atoms with Crippen molar-refractivity contribution in [3.05, 3.63) is 34.3 Å². The van der Waals surface area contributed by atoms with Crippen LogP contribution in [0.5, 0.6) is 0 Å². The van der Waals surface area contributed by atoms with E-state index < -0.39 is 0 Å². The van der Waals surface area contributed by atoms with Gasteiger partial charge in [-0.2, -0.15) is 5.10 Å². The van der Waals surface area contributed by atoms with Crippen LogP contribution in [-0.2, 0) is 4.79 Å². The van der Waals surface area contributed by atoms with Gasteiger partial charge in [0.2, 0.25) is 5.91 Å². The molecule has 1 amide bonds. The lowest BCUT2D eigenvalue weighted by Gasteiger charge is -2.22. The number of hydrogen-bond donors (Lipinski definition) is 1. The van der Waals surface area contributed by atoms with Crippen LogP contribution in [0.4, 0.5) is 0 Å². The summed E-state index contributed by atoms with van der Waals surface area (Å²) in [5.41, 5.74) is 3.52. The lowest BCUT2D eigenvalue weighted by molar-refractivity contribution is -0.127. The molecule has 0 aliphatic heterocycles. The first-order chi connectivity index (χ1) is 7.77. The van der Waals surface area contributed by atoms with E-state index in [2.05, 4.69) is 26.5 Å². The highest BCUT2D eigenvalue weighted by atomic mass is 79.9. The number of benzene rings is 1. The Morgan fingerprint density at radius 3 is 2.81 bits per heavy atom. The summed E-state index contributed by atoms with van der Waals surface area (Å²) in [7, 11) is 0. The molecule has 0 bridgehead atoms. The van der Waals surface area contributed by atoms with E-state index in [-0.39, 0.29) is 11.8 Å². The molecule has 2 rings (SSSR count). The number of nitrogens with zero attached hydrogens (tertiary/aromatic N) is 1. The molecule has 0 unspecified atom stereocenters. The second kappa shape index (κ2) is 5.25. The van der Waals surface area contributed by atoms with Crippen molar-refractivity contribution >= 4 is 28.1 Å². The molecule has 3 nitrogen and oxygen atoms in total. The quantitative estimate of drug-likeness (QED) is 0.671. The highest BCUT2D eigenvalue weighted by Gasteiger charge is 2.24. The Balaban J connectivity index is 1.89. The Morgan fingerprint density at radius 1 is 1.44 bits per heavy atom. The summed E-state index contributed by atoms with van der Waals surface area (Å²) in [4.78, 5) is 11.5. The molecule has 1 aliphatic rings. The summed E-state index contributed by atoms with van der Waals surface area (Å²) in [6.07, 6.45) is 4.81. The Hall–Kier alpha value is -1.16. The fourth-order valence-corrected chi connectivity index (χ4v) is 1.89. The minimum absolute atomic E-state index is 0.0366. The molecule has 0 atom stereocenters. The number of halogens is 1. The monoisotopic (exact) mass is 280 g/mol. The predicted octanol–water partition coefficient (Wildman–Crippen LogP) is 2.70. The van der Waals surface area contributed by atoms with Crippen molar-refractivity contribution in [1.29, 1.82) is 0 Å². The molecule has 1 aliphatic carbocycles. The second-order valence-corrected chi connectivity index (χ2v) is 4.74. The number of nitrogens with one attached hydrogen (secondary N) is 1. The number of rotatable bonds is 3. The Kier molecular flexibility index (Phi) is 3.72. The molecule has 1 aromatic carbocycles. The van der Waals surface area contributed by atoms with Crippen molar-refractivity contribution < 1.29 is 4.79 Å².